The summed E-state index contributed by atoms with van der Waals surface area (Å²) in [5, 5.41) is 10.7. The molecule has 0 rings (SSSR count). The Morgan fingerprint density at radius 1 is 0.284 bits per heavy atom. The lowest BCUT2D eigenvalue weighted by Crippen LogP contribution is -2.30. The number of aliphatic hydroxyl groups excluding tert-OH is 1. The highest BCUT2D eigenvalue weighted by Crippen LogP contribution is 2.45. The Labute approximate surface area is 626 Å². The van der Waals surface area contributed by atoms with Gasteiger partial charge in [-0.05, 0) is 37.5 Å². The monoisotopic (exact) mass is 1490 g/mol. The molecule has 0 aliphatic rings. The van der Waals surface area contributed by atoms with Crippen LogP contribution < -0.4 is 0 Å². The fraction of sp³-hybridized carbons (Fsp3) is 0.952. The summed E-state index contributed by atoms with van der Waals surface area (Å²) in [6, 6.07) is 0. The fourth-order valence-electron chi connectivity index (χ4n) is 12.9. The maximum Gasteiger partial charge on any atom is 0.472 e. The number of rotatable bonds is 82. The number of phosphoric ester groups is 2. The molecule has 606 valence electrons. The quantitative estimate of drug-likeness (QED) is 0.0222. The molecule has 0 spiro atoms. The number of unbranched alkanes of at least 4 members (excludes halogenated alkanes) is 51. The van der Waals surface area contributed by atoms with E-state index in [4.69, 9.17) is 37.0 Å². The zero-order valence-electron chi connectivity index (χ0n) is 66.9. The van der Waals surface area contributed by atoms with Crippen LogP contribution in [-0.4, -0.2) is 96.7 Å². The molecule has 0 aliphatic heterocycles. The van der Waals surface area contributed by atoms with Crippen molar-refractivity contribution in [2.45, 2.75) is 458 Å². The molecule has 102 heavy (non-hydrogen) atoms. The smallest absolute Gasteiger partial charge is 0.462 e. The molecular weight excluding hydrogens is 1330 g/mol. The maximum atomic E-state index is 13.1. The van der Waals surface area contributed by atoms with E-state index in [0.29, 0.717) is 25.7 Å². The maximum absolute atomic E-state index is 13.1. The number of hydrogen-bond acceptors (Lipinski definition) is 15. The molecule has 0 aromatic rings. The molecule has 0 aliphatic carbocycles. The summed E-state index contributed by atoms with van der Waals surface area (Å²) >= 11 is 0. The van der Waals surface area contributed by atoms with E-state index < -0.39 is 97.5 Å². The van der Waals surface area contributed by atoms with E-state index >= 15 is 0 Å². The minimum absolute atomic E-state index is 0.107. The van der Waals surface area contributed by atoms with Gasteiger partial charge in [0.15, 0.2) is 12.2 Å². The molecule has 19 heteroatoms. The van der Waals surface area contributed by atoms with E-state index in [1.165, 1.54) is 257 Å². The Kier molecular flexibility index (Phi) is 73.1. The zero-order valence-corrected chi connectivity index (χ0v) is 68.7. The van der Waals surface area contributed by atoms with Crippen LogP contribution in [0.5, 0.6) is 0 Å². The van der Waals surface area contributed by atoms with Gasteiger partial charge in [-0.15, -0.1) is 0 Å². The zero-order chi connectivity index (χ0) is 74.9. The van der Waals surface area contributed by atoms with E-state index in [0.717, 1.165) is 102 Å². The number of carbonyl (C=O) groups excluding carboxylic acids is 4. The predicted molar refractivity (Wildman–Crippen MR) is 418 cm³/mol. The number of ether oxygens (including phenoxy) is 4. The Hall–Kier alpha value is -1.94. The van der Waals surface area contributed by atoms with Gasteiger partial charge < -0.3 is 33.8 Å². The third kappa shape index (κ3) is 74.9. The molecular formula is C83H162O17P2. The second kappa shape index (κ2) is 74.5. The van der Waals surface area contributed by atoms with E-state index in [9.17, 15) is 43.2 Å². The van der Waals surface area contributed by atoms with Gasteiger partial charge in [0.05, 0.1) is 26.4 Å². The Morgan fingerprint density at radius 2 is 0.500 bits per heavy atom. The van der Waals surface area contributed by atoms with Crippen molar-refractivity contribution in [1.82, 2.24) is 0 Å². The first-order valence-electron chi connectivity index (χ1n) is 43.0. The molecule has 3 unspecified atom stereocenters. The van der Waals surface area contributed by atoms with Crippen LogP contribution in [0.3, 0.4) is 0 Å². The third-order valence-corrected chi connectivity index (χ3v) is 21.7. The van der Waals surface area contributed by atoms with Crippen molar-refractivity contribution in [1.29, 1.82) is 0 Å². The standard InChI is InChI=1S/C83H162O17P2/c1-7-10-12-14-16-18-20-21-22-23-24-25-26-31-37-43-49-55-61-67-82(87)99-79(72-94-81(86)66-60-54-48-42-36-30-28-27-29-35-40-46-52-58-64-76(6)9-3)74-98-102(91,92)96-70-77(84)69-95-101(89,90)97-73-78(71-93-80(85)65-59-53-47-41-33-19-17-15-13-11-8-2)100-83(88)68-62-56-50-44-38-32-34-39-45-51-57-63-75(4)5/h75-79,84H,7-74H2,1-6H3,(H,89,90)(H,91,92)/t76?,77-,78+,79+/m0/s1. The first-order valence-corrected chi connectivity index (χ1v) is 46.0. The van der Waals surface area contributed by atoms with Crippen LogP contribution in [0.25, 0.3) is 0 Å². The van der Waals surface area contributed by atoms with E-state index in [1.807, 2.05) is 0 Å². The molecule has 0 radical (unpaired) electrons. The SMILES string of the molecule is CCCCCCCCCCCCCCCCCCCCCC(=O)O[C@H](COC(=O)CCCCCCCCCCCCCCCCC(C)CC)COP(=O)(O)OC[C@@H](O)COP(=O)(O)OC[C@@H](COC(=O)CCCCCCCCCCCCC)OC(=O)CCCCCCCCCCCCCC(C)C. The van der Waals surface area contributed by atoms with Crippen molar-refractivity contribution < 1.29 is 80.2 Å². The molecule has 0 aromatic carbocycles. The second-order valence-electron chi connectivity index (χ2n) is 30.6. The summed E-state index contributed by atoms with van der Waals surface area (Å²) in [4.78, 5) is 73.1. The highest BCUT2D eigenvalue weighted by Gasteiger charge is 2.30. The minimum Gasteiger partial charge on any atom is -0.462 e. The lowest BCUT2D eigenvalue weighted by atomic mass is 9.99. The predicted octanol–water partition coefficient (Wildman–Crippen LogP) is 25.1. The van der Waals surface area contributed by atoms with Gasteiger partial charge in [-0.3, -0.25) is 37.3 Å². The summed E-state index contributed by atoms with van der Waals surface area (Å²) in [7, 11) is -9.92. The Balaban J connectivity index is 5.25. The largest absolute Gasteiger partial charge is 0.472 e. The summed E-state index contributed by atoms with van der Waals surface area (Å²) < 4.78 is 68.8. The second-order valence-corrected chi connectivity index (χ2v) is 33.5. The van der Waals surface area contributed by atoms with Gasteiger partial charge in [0.25, 0.3) is 0 Å². The normalized spacial score (nSPS) is 14.1. The van der Waals surface area contributed by atoms with Gasteiger partial charge in [0.2, 0.25) is 0 Å². The molecule has 0 fully saturated rings. The van der Waals surface area contributed by atoms with Crippen LogP contribution in [0.15, 0.2) is 0 Å². The van der Waals surface area contributed by atoms with Crippen molar-refractivity contribution in [3.63, 3.8) is 0 Å². The molecule has 0 saturated heterocycles. The molecule has 0 heterocycles. The van der Waals surface area contributed by atoms with Crippen molar-refractivity contribution >= 4 is 39.5 Å². The number of phosphoric acid groups is 2. The molecule has 3 N–H and O–H groups in total. The number of carbonyl (C=O) groups is 4. The van der Waals surface area contributed by atoms with E-state index in [1.54, 1.807) is 0 Å². The number of hydrogen-bond donors (Lipinski definition) is 3. The Bertz CT molecular complexity index is 1960. The molecule has 0 saturated carbocycles. The molecule has 17 nitrogen and oxygen atoms in total. The van der Waals surface area contributed by atoms with Gasteiger partial charge in [0, 0.05) is 25.7 Å². The summed E-state index contributed by atoms with van der Waals surface area (Å²) in [5.74, 6) is -0.489. The van der Waals surface area contributed by atoms with Crippen LogP contribution in [0, 0.1) is 11.8 Å². The lowest BCUT2D eigenvalue weighted by Gasteiger charge is -2.21. The van der Waals surface area contributed by atoms with Crippen molar-refractivity contribution in [3.8, 4) is 0 Å². The minimum atomic E-state index is -4.96. The number of aliphatic hydroxyl groups is 1. The molecule has 0 aromatic heterocycles. The van der Waals surface area contributed by atoms with Crippen LogP contribution in [0.4, 0.5) is 0 Å². The molecule has 0 bridgehead atoms. The van der Waals surface area contributed by atoms with Crippen LogP contribution in [0.2, 0.25) is 0 Å². The van der Waals surface area contributed by atoms with Gasteiger partial charge in [-0.2, -0.15) is 0 Å². The third-order valence-electron chi connectivity index (χ3n) is 19.8. The van der Waals surface area contributed by atoms with Crippen LogP contribution in [0.1, 0.15) is 440 Å². The van der Waals surface area contributed by atoms with Crippen LogP contribution >= 0.6 is 15.6 Å². The highest BCUT2D eigenvalue weighted by molar-refractivity contribution is 7.47. The first-order chi connectivity index (χ1) is 49.4. The van der Waals surface area contributed by atoms with Crippen molar-refractivity contribution in [3.05, 3.63) is 0 Å². The van der Waals surface area contributed by atoms with E-state index in [-0.39, 0.29) is 25.7 Å². The molecule has 6 atom stereocenters. The molecule has 0 amide bonds. The summed E-state index contributed by atoms with van der Waals surface area (Å²) in [6.45, 7) is 9.70. The highest BCUT2D eigenvalue weighted by atomic mass is 31.2. The van der Waals surface area contributed by atoms with Crippen molar-refractivity contribution in [2.24, 2.45) is 11.8 Å². The van der Waals surface area contributed by atoms with Gasteiger partial charge in [-0.1, -0.05) is 388 Å². The Morgan fingerprint density at radius 3 is 0.745 bits per heavy atom. The van der Waals surface area contributed by atoms with Crippen molar-refractivity contribution in [2.75, 3.05) is 39.6 Å². The van der Waals surface area contributed by atoms with E-state index in [2.05, 4.69) is 41.5 Å². The summed E-state index contributed by atoms with van der Waals surface area (Å²) in [6.07, 6.45) is 65.1. The van der Waals surface area contributed by atoms with Crippen LogP contribution in [-0.2, 0) is 65.4 Å². The summed E-state index contributed by atoms with van der Waals surface area (Å²) in [5.41, 5.74) is 0. The topological polar surface area (TPSA) is 237 Å². The average molecular weight is 1490 g/mol. The first kappa shape index (κ1) is 100. The lowest BCUT2D eigenvalue weighted by molar-refractivity contribution is -0.161. The fourth-order valence-corrected chi connectivity index (χ4v) is 14.4. The average Bonchev–Trinajstić information content (AvgIpc) is 0.914. The van der Waals surface area contributed by atoms with Gasteiger partial charge in [-0.25, -0.2) is 9.13 Å². The van der Waals surface area contributed by atoms with Gasteiger partial charge >= 0.3 is 39.5 Å². The van der Waals surface area contributed by atoms with Gasteiger partial charge in [0.1, 0.15) is 19.3 Å². The number of esters is 4.